The van der Waals surface area contributed by atoms with E-state index >= 15 is 0 Å². The fourth-order valence-electron chi connectivity index (χ4n) is 0.900. The van der Waals surface area contributed by atoms with Crippen LogP contribution in [0.3, 0.4) is 0 Å². The van der Waals surface area contributed by atoms with Crippen LogP contribution in [-0.4, -0.2) is 29.3 Å². The van der Waals surface area contributed by atoms with Gasteiger partial charge in [0.2, 0.25) is 5.91 Å². The van der Waals surface area contributed by atoms with Crippen molar-refractivity contribution in [1.82, 2.24) is 5.32 Å². The van der Waals surface area contributed by atoms with Crippen LogP contribution in [0, 0.1) is 0 Å². The number of nitrogens with one attached hydrogen (secondary N) is 1. The van der Waals surface area contributed by atoms with E-state index in [1.807, 2.05) is 6.92 Å². The van der Waals surface area contributed by atoms with Crippen molar-refractivity contribution in [2.75, 3.05) is 7.05 Å². The number of nitrogens with zero attached hydrogens (tertiary/aromatic N) is 1. The van der Waals surface area contributed by atoms with E-state index in [1.165, 1.54) is 18.8 Å². The molecule has 0 radical (unpaired) electrons. The van der Waals surface area contributed by atoms with Gasteiger partial charge in [0.05, 0.1) is 5.25 Å². The molecule has 1 unspecified atom stereocenters. The summed E-state index contributed by atoms with van der Waals surface area (Å²) >= 11 is 1.20. The SMILES string of the molecule is CCCC(SC(C)=NOC(=O)NC)C(N)=O. The van der Waals surface area contributed by atoms with Crippen LogP contribution in [0.1, 0.15) is 26.7 Å². The fourth-order valence-corrected chi connectivity index (χ4v) is 1.86. The van der Waals surface area contributed by atoms with Gasteiger partial charge < -0.3 is 11.1 Å². The Kier molecular flexibility index (Phi) is 7.36. The molecule has 0 saturated carbocycles. The summed E-state index contributed by atoms with van der Waals surface area (Å²) in [6, 6.07) is 0. The number of carbonyl (C=O) groups is 2. The molecule has 0 fully saturated rings. The summed E-state index contributed by atoms with van der Waals surface area (Å²) in [4.78, 5) is 26.2. The molecular weight excluding hydrogens is 230 g/mol. The van der Waals surface area contributed by atoms with E-state index in [0.29, 0.717) is 11.5 Å². The number of rotatable bonds is 5. The Morgan fingerprint density at radius 1 is 1.56 bits per heavy atom. The van der Waals surface area contributed by atoms with Gasteiger partial charge in [-0.1, -0.05) is 30.3 Å². The Labute approximate surface area is 99.0 Å². The fraction of sp³-hybridized carbons (Fsp3) is 0.667. The molecule has 16 heavy (non-hydrogen) atoms. The van der Waals surface area contributed by atoms with Crippen molar-refractivity contribution < 1.29 is 14.4 Å². The van der Waals surface area contributed by atoms with Gasteiger partial charge in [0.15, 0.2) is 0 Å². The van der Waals surface area contributed by atoms with Crippen molar-refractivity contribution in [2.24, 2.45) is 10.9 Å². The molecule has 0 spiro atoms. The van der Waals surface area contributed by atoms with Crippen molar-refractivity contribution in [2.45, 2.75) is 31.9 Å². The molecule has 0 aromatic rings. The quantitative estimate of drug-likeness (QED) is 0.329. The van der Waals surface area contributed by atoms with Crippen LogP contribution in [0.25, 0.3) is 0 Å². The molecule has 0 aliphatic rings. The largest absolute Gasteiger partial charge is 0.433 e. The molecule has 0 aliphatic carbocycles. The van der Waals surface area contributed by atoms with Crippen molar-refractivity contribution >= 4 is 28.8 Å². The molecule has 0 saturated heterocycles. The minimum atomic E-state index is -0.647. The summed E-state index contributed by atoms with van der Waals surface area (Å²) in [5.74, 6) is -0.388. The molecule has 6 nitrogen and oxygen atoms in total. The highest BCUT2D eigenvalue weighted by molar-refractivity contribution is 8.14. The predicted molar refractivity (Wildman–Crippen MR) is 64.1 cm³/mol. The normalized spacial score (nSPS) is 13.1. The summed E-state index contributed by atoms with van der Waals surface area (Å²) in [5.41, 5.74) is 5.22. The first kappa shape index (κ1) is 14.8. The molecule has 0 bridgehead atoms. The molecule has 92 valence electrons. The Bertz CT molecular complexity index is 281. The third kappa shape index (κ3) is 6.28. The Morgan fingerprint density at radius 2 is 2.19 bits per heavy atom. The molecule has 0 rings (SSSR count). The molecule has 7 heteroatoms. The maximum absolute atomic E-state index is 11.0. The zero-order chi connectivity index (χ0) is 12.6. The number of carbonyl (C=O) groups excluding carboxylic acids is 2. The van der Waals surface area contributed by atoms with E-state index in [1.54, 1.807) is 6.92 Å². The number of hydrogen-bond acceptors (Lipinski definition) is 5. The highest BCUT2D eigenvalue weighted by atomic mass is 32.2. The smallest absolute Gasteiger partial charge is 0.369 e. The predicted octanol–water partition coefficient (Wildman–Crippen LogP) is 1.06. The van der Waals surface area contributed by atoms with Crippen molar-refractivity contribution in [3.05, 3.63) is 0 Å². The molecule has 2 amide bonds. The van der Waals surface area contributed by atoms with E-state index in [2.05, 4.69) is 15.3 Å². The van der Waals surface area contributed by atoms with Gasteiger partial charge in [-0.25, -0.2) is 4.79 Å². The van der Waals surface area contributed by atoms with Gasteiger partial charge in [-0.05, 0) is 13.3 Å². The van der Waals surface area contributed by atoms with E-state index in [-0.39, 0.29) is 11.2 Å². The van der Waals surface area contributed by atoms with Gasteiger partial charge in [-0.2, -0.15) is 0 Å². The Hall–Kier alpha value is -1.24. The molecule has 0 aromatic carbocycles. The minimum Gasteiger partial charge on any atom is -0.369 e. The number of amides is 2. The monoisotopic (exact) mass is 247 g/mol. The zero-order valence-corrected chi connectivity index (χ0v) is 10.5. The standard InChI is InChI=1S/C9H17N3O3S/c1-4-5-7(8(10)13)16-6(2)12-15-9(14)11-3/h7H,4-5H2,1-3H3,(H2,10,13)(H,11,14). The van der Waals surface area contributed by atoms with Gasteiger partial charge in [0.1, 0.15) is 5.04 Å². The summed E-state index contributed by atoms with van der Waals surface area (Å²) in [5, 5.41) is 5.97. The number of hydrogen-bond donors (Lipinski definition) is 2. The summed E-state index contributed by atoms with van der Waals surface area (Å²) in [6.45, 7) is 3.61. The maximum atomic E-state index is 11.0. The van der Waals surface area contributed by atoms with Crippen LogP contribution >= 0.6 is 11.8 Å². The lowest BCUT2D eigenvalue weighted by atomic mass is 10.2. The summed E-state index contributed by atoms with van der Waals surface area (Å²) < 4.78 is 0. The summed E-state index contributed by atoms with van der Waals surface area (Å²) in [6.07, 6.45) is 0.878. The first-order valence-corrected chi connectivity index (χ1v) is 5.78. The first-order chi connectivity index (χ1) is 7.51. The van der Waals surface area contributed by atoms with Gasteiger partial charge in [0, 0.05) is 7.05 Å². The Morgan fingerprint density at radius 3 is 2.62 bits per heavy atom. The van der Waals surface area contributed by atoms with Crippen LogP contribution < -0.4 is 11.1 Å². The van der Waals surface area contributed by atoms with Crippen molar-refractivity contribution in [1.29, 1.82) is 0 Å². The average Bonchev–Trinajstić information content (AvgIpc) is 2.25. The lowest BCUT2D eigenvalue weighted by Gasteiger charge is -2.10. The van der Waals surface area contributed by atoms with E-state index < -0.39 is 6.09 Å². The second-order valence-electron chi connectivity index (χ2n) is 3.04. The van der Waals surface area contributed by atoms with Crippen LogP contribution in [0.15, 0.2) is 5.16 Å². The first-order valence-electron chi connectivity index (χ1n) is 4.90. The van der Waals surface area contributed by atoms with Crippen molar-refractivity contribution in [3.63, 3.8) is 0 Å². The van der Waals surface area contributed by atoms with Gasteiger partial charge in [-0.15, -0.1) is 0 Å². The van der Waals surface area contributed by atoms with Crippen LogP contribution in [-0.2, 0) is 9.63 Å². The van der Waals surface area contributed by atoms with E-state index in [0.717, 1.165) is 6.42 Å². The molecule has 0 aromatic heterocycles. The molecule has 0 heterocycles. The molecule has 3 N–H and O–H groups in total. The van der Waals surface area contributed by atoms with E-state index in [4.69, 9.17) is 5.73 Å². The Balaban J connectivity index is 4.22. The lowest BCUT2D eigenvalue weighted by molar-refractivity contribution is -0.117. The third-order valence-corrected chi connectivity index (χ3v) is 2.81. The molecular formula is C9H17N3O3S. The second kappa shape index (κ2) is 7.98. The number of thioether (sulfide) groups is 1. The maximum Gasteiger partial charge on any atom is 0.433 e. The van der Waals surface area contributed by atoms with Crippen LogP contribution in [0.2, 0.25) is 0 Å². The second-order valence-corrected chi connectivity index (χ2v) is 4.43. The number of primary amides is 1. The zero-order valence-electron chi connectivity index (χ0n) is 9.65. The van der Waals surface area contributed by atoms with Crippen molar-refractivity contribution in [3.8, 4) is 0 Å². The molecule has 0 aliphatic heterocycles. The third-order valence-electron chi connectivity index (χ3n) is 1.64. The van der Waals surface area contributed by atoms with Crippen LogP contribution in [0.4, 0.5) is 4.79 Å². The van der Waals surface area contributed by atoms with E-state index in [9.17, 15) is 9.59 Å². The van der Waals surface area contributed by atoms with Gasteiger partial charge >= 0.3 is 6.09 Å². The lowest BCUT2D eigenvalue weighted by Crippen LogP contribution is -2.26. The minimum absolute atomic E-state index is 0.331. The highest BCUT2D eigenvalue weighted by Gasteiger charge is 2.16. The number of oxime groups is 1. The van der Waals surface area contributed by atoms with Gasteiger partial charge in [-0.3, -0.25) is 9.63 Å². The average molecular weight is 247 g/mol. The molecule has 1 atom stereocenters. The topological polar surface area (TPSA) is 93.8 Å². The van der Waals surface area contributed by atoms with Crippen LogP contribution in [0.5, 0.6) is 0 Å². The summed E-state index contributed by atoms with van der Waals surface area (Å²) in [7, 11) is 1.43. The van der Waals surface area contributed by atoms with Gasteiger partial charge in [0.25, 0.3) is 0 Å². The highest BCUT2D eigenvalue weighted by Crippen LogP contribution is 2.17. The number of nitrogens with two attached hydrogens (primary N) is 1.